The van der Waals surface area contributed by atoms with Crippen molar-refractivity contribution in [2.24, 2.45) is 105 Å². The number of rotatable bonds is 10. The average molecular weight is 885 g/mol. The maximum Gasteiger partial charge on any atom is 1.00 e. The zero-order valence-corrected chi connectivity index (χ0v) is 43.2. The van der Waals surface area contributed by atoms with Gasteiger partial charge in [0.2, 0.25) is 10.4 Å². The molecule has 8 nitrogen and oxygen atoms in total. The third-order valence-electron chi connectivity index (χ3n) is 21.8. The monoisotopic (exact) mass is 885 g/mol. The van der Waals surface area contributed by atoms with E-state index in [1.165, 1.54) is 44.9 Å². The Kier molecular flexibility index (Phi) is 16.2. The molecule has 6 unspecified atom stereocenters. The second-order valence-electron chi connectivity index (χ2n) is 24.0. The van der Waals surface area contributed by atoms with E-state index in [9.17, 15) is 33.4 Å². The molecule has 0 radical (unpaired) electrons. The summed E-state index contributed by atoms with van der Waals surface area (Å²) < 4.78 is 37.0. The molecule has 10 heteroatoms. The molecule has 0 aromatic rings. The molecule has 0 heterocycles. The Hall–Kier alpha value is 0.710. The Morgan fingerprint density at radius 2 is 0.951 bits per heavy atom. The van der Waals surface area contributed by atoms with Crippen LogP contribution >= 0.6 is 0 Å². The number of fused-ring (bicyclic) bond motifs is 10. The van der Waals surface area contributed by atoms with Crippen LogP contribution < -0.4 is 29.6 Å². The molecule has 0 bridgehead atoms. The fourth-order valence-corrected chi connectivity index (χ4v) is 19.4. The van der Waals surface area contributed by atoms with Crippen LogP contribution in [0.3, 0.4) is 0 Å². The van der Waals surface area contributed by atoms with Gasteiger partial charge in [0, 0.05) is 0 Å². The van der Waals surface area contributed by atoms with Crippen molar-refractivity contribution >= 4 is 10.4 Å². The SMILES string of the molecule is CCC[C@@H](C)[C@H]1CCC2C3C(CC[C@@]21C)[C@@]1(C)CC[C@@H](O)C[C@H]1[C@@H](CC)[C@H]3O.CC[C@H]1[C@@H](O)C2C3CC[C@H]([C@H](C)CCOS(=O)(=O)[O-])[C@@]3(C)CCC2[C@@]2(C)CC[C@@H](O)C[C@@H]12.[Na+]. The van der Waals surface area contributed by atoms with Crippen molar-refractivity contribution in [1.29, 1.82) is 0 Å². The van der Waals surface area contributed by atoms with E-state index in [2.05, 4.69) is 66.5 Å². The topological polar surface area (TPSA) is 147 Å². The number of aliphatic hydroxyl groups is 4. The first-order valence-corrected chi connectivity index (χ1v) is 26.9. The van der Waals surface area contributed by atoms with E-state index in [0.29, 0.717) is 76.4 Å². The molecule has 0 spiro atoms. The third kappa shape index (κ3) is 8.97. The molecule has 4 N–H and O–H groups in total. The van der Waals surface area contributed by atoms with Gasteiger partial charge in [-0.25, -0.2) is 8.42 Å². The third-order valence-corrected chi connectivity index (χ3v) is 22.3. The van der Waals surface area contributed by atoms with E-state index in [4.69, 9.17) is 0 Å². The Morgan fingerprint density at radius 1 is 0.574 bits per heavy atom. The van der Waals surface area contributed by atoms with Crippen LogP contribution in [0, 0.1) is 105 Å². The predicted molar refractivity (Wildman–Crippen MR) is 237 cm³/mol. The Balaban J connectivity index is 0.000000202. The summed E-state index contributed by atoms with van der Waals surface area (Å²) in [7, 11) is -4.64. The van der Waals surface area contributed by atoms with Crippen molar-refractivity contribution in [3.8, 4) is 0 Å². The summed E-state index contributed by atoms with van der Waals surface area (Å²) in [6.45, 7) is 21.4. The second-order valence-corrected chi connectivity index (χ2v) is 25.1. The number of hydrogen-bond acceptors (Lipinski definition) is 8. The molecule has 22 atom stereocenters. The van der Waals surface area contributed by atoms with Crippen LogP contribution in [0.1, 0.15) is 184 Å². The molecule has 8 aliphatic rings. The minimum atomic E-state index is -4.64. The standard InChI is InChI=1S/C26H46O2.C25H44O6S.Na/c1-6-8-16(3)19-9-10-20-23-21(12-14-25(19,20)4)26(5)13-11-17(27)15-22(26)18(7-2)24(23)28;1-5-17-21-14-16(26)8-11-25(21,4)20-9-12-24(3)18(6-7-19(24)22(20)23(17)27)15(2)10-13-31-32(28,29)30;/h16-24,27-28H,6-15H2,1-5H3;15-23,26-27H,5-14H2,1-4H3,(H,28,29,30);/q;;+1/p-1/t16-,17-,18-,19-,20?,21?,22+,23?,24-,25-,26-;15-,16-,17-,18-,19?,20?,21+,22?,23-,24-,25-;/m11./s1. The van der Waals surface area contributed by atoms with Crippen LogP contribution in [0.2, 0.25) is 0 Å². The van der Waals surface area contributed by atoms with Gasteiger partial charge >= 0.3 is 29.6 Å². The molecule has 8 rings (SSSR count). The first-order valence-electron chi connectivity index (χ1n) is 25.5. The van der Waals surface area contributed by atoms with Gasteiger partial charge in [0.05, 0.1) is 31.0 Å². The molecule has 0 amide bonds. The van der Waals surface area contributed by atoms with Gasteiger partial charge in [-0.15, -0.1) is 0 Å². The van der Waals surface area contributed by atoms with Crippen molar-refractivity contribution in [3.05, 3.63) is 0 Å². The molecule has 61 heavy (non-hydrogen) atoms. The minimum Gasteiger partial charge on any atom is -0.726 e. The van der Waals surface area contributed by atoms with Gasteiger partial charge in [-0.1, -0.05) is 88.0 Å². The van der Waals surface area contributed by atoms with E-state index in [0.717, 1.165) is 82.5 Å². The van der Waals surface area contributed by atoms with Gasteiger partial charge in [0.15, 0.2) is 0 Å². The summed E-state index contributed by atoms with van der Waals surface area (Å²) in [5.41, 5.74) is 1.10. The van der Waals surface area contributed by atoms with Crippen molar-refractivity contribution in [2.75, 3.05) is 6.61 Å². The summed E-state index contributed by atoms with van der Waals surface area (Å²) in [5.74, 6) is 7.15. The molecular weight excluding hydrogens is 796 g/mol. The molecule has 348 valence electrons. The molecule has 8 aliphatic carbocycles. The molecule has 0 aromatic heterocycles. The quantitative estimate of drug-likeness (QED) is 0.103. The smallest absolute Gasteiger partial charge is 0.726 e. The Labute approximate surface area is 394 Å². The Morgan fingerprint density at radius 3 is 1.33 bits per heavy atom. The van der Waals surface area contributed by atoms with Gasteiger partial charge < -0.3 is 25.0 Å². The van der Waals surface area contributed by atoms with E-state index in [1.807, 2.05) is 0 Å². The summed E-state index contributed by atoms with van der Waals surface area (Å²) in [6, 6.07) is 0. The van der Waals surface area contributed by atoms with E-state index in [-0.39, 0.29) is 83.2 Å². The molecule has 0 aliphatic heterocycles. The van der Waals surface area contributed by atoms with Gasteiger partial charge in [-0.2, -0.15) is 0 Å². The summed E-state index contributed by atoms with van der Waals surface area (Å²) in [4.78, 5) is 0. The maximum absolute atomic E-state index is 11.7. The van der Waals surface area contributed by atoms with Crippen molar-refractivity contribution in [1.82, 2.24) is 0 Å². The zero-order chi connectivity index (χ0) is 43.7. The normalized spacial score (nSPS) is 51.1. The van der Waals surface area contributed by atoms with E-state index in [1.54, 1.807) is 0 Å². The molecule has 0 aromatic carbocycles. The van der Waals surface area contributed by atoms with Crippen LogP contribution in [-0.2, 0) is 14.6 Å². The predicted octanol–water partition coefficient (Wildman–Crippen LogP) is 7.17. The fourth-order valence-electron chi connectivity index (χ4n) is 19.1. The van der Waals surface area contributed by atoms with Crippen LogP contribution in [-0.4, -0.2) is 64.4 Å². The zero-order valence-electron chi connectivity index (χ0n) is 40.4. The summed E-state index contributed by atoms with van der Waals surface area (Å²) in [5, 5.41) is 44.3. The first-order chi connectivity index (χ1) is 28.2. The van der Waals surface area contributed by atoms with Crippen LogP contribution in [0.4, 0.5) is 0 Å². The molecule has 0 saturated heterocycles. The number of hydrogen-bond donors (Lipinski definition) is 4. The van der Waals surface area contributed by atoms with Crippen LogP contribution in [0.5, 0.6) is 0 Å². The van der Waals surface area contributed by atoms with Gasteiger partial charge in [-0.05, 0) is 201 Å². The molecule has 8 saturated carbocycles. The van der Waals surface area contributed by atoms with Gasteiger partial charge in [-0.3, -0.25) is 4.18 Å². The summed E-state index contributed by atoms with van der Waals surface area (Å²) >= 11 is 0. The summed E-state index contributed by atoms with van der Waals surface area (Å²) in [6.07, 6.45) is 20.2. The second kappa shape index (κ2) is 19.4. The van der Waals surface area contributed by atoms with E-state index >= 15 is 0 Å². The van der Waals surface area contributed by atoms with Crippen molar-refractivity contribution in [3.63, 3.8) is 0 Å². The Bertz CT molecular complexity index is 1580. The minimum absolute atomic E-state index is 0. The number of aliphatic hydroxyl groups excluding tert-OH is 4. The molecular formula is C51H89NaO8S. The van der Waals surface area contributed by atoms with E-state index < -0.39 is 10.4 Å². The van der Waals surface area contributed by atoms with Crippen LogP contribution in [0.15, 0.2) is 0 Å². The van der Waals surface area contributed by atoms with Crippen molar-refractivity contribution < 1.29 is 67.1 Å². The van der Waals surface area contributed by atoms with Gasteiger partial charge in [0.1, 0.15) is 0 Å². The maximum atomic E-state index is 11.7. The van der Waals surface area contributed by atoms with Crippen LogP contribution in [0.25, 0.3) is 0 Å². The van der Waals surface area contributed by atoms with Crippen molar-refractivity contribution in [2.45, 2.75) is 209 Å². The fraction of sp³-hybridized carbons (Fsp3) is 1.00. The molecule has 8 fully saturated rings. The largest absolute Gasteiger partial charge is 1.00 e. The van der Waals surface area contributed by atoms with Gasteiger partial charge in [0.25, 0.3) is 0 Å². The first kappa shape index (κ1) is 51.1. The average Bonchev–Trinajstić information content (AvgIpc) is 3.73.